The molecule has 0 aliphatic carbocycles. The fourth-order valence-corrected chi connectivity index (χ4v) is 1.45. The number of hydrogen-bond acceptors (Lipinski definition) is 2. The van der Waals surface area contributed by atoms with Crippen molar-refractivity contribution in [1.82, 2.24) is 0 Å². The molecule has 0 amide bonds. The van der Waals surface area contributed by atoms with Crippen LogP contribution < -0.4 is 0 Å². The van der Waals surface area contributed by atoms with Crippen molar-refractivity contribution in [3.8, 4) is 0 Å². The Balaban J connectivity index is 2.88. The third-order valence-electron chi connectivity index (χ3n) is 2.30. The van der Waals surface area contributed by atoms with Crippen molar-refractivity contribution in [3.05, 3.63) is 12.2 Å². The molecule has 14 heavy (non-hydrogen) atoms. The fourth-order valence-electron chi connectivity index (χ4n) is 1.45. The zero-order valence-electron chi connectivity index (χ0n) is 9.12. The van der Waals surface area contributed by atoms with E-state index in [0.29, 0.717) is 6.61 Å². The van der Waals surface area contributed by atoms with Crippen molar-refractivity contribution < 1.29 is 10.2 Å². The van der Waals surface area contributed by atoms with E-state index in [0.717, 1.165) is 12.8 Å². The Kier molecular flexibility index (Phi) is 12.4. The molecule has 0 aliphatic rings. The van der Waals surface area contributed by atoms with Gasteiger partial charge in [0.25, 0.3) is 0 Å². The minimum absolute atomic E-state index is 0.168. The summed E-state index contributed by atoms with van der Waals surface area (Å²) >= 11 is 0. The van der Waals surface area contributed by atoms with E-state index in [4.69, 9.17) is 10.2 Å². The molecule has 0 bridgehead atoms. The van der Waals surface area contributed by atoms with Gasteiger partial charge in [-0.05, 0) is 19.3 Å². The molecule has 0 rings (SSSR count). The van der Waals surface area contributed by atoms with Gasteiger partial charge < -0.3 is 10.2 Å². The Morgan fingerprint density at radius 1 is 0.643 bits per heavy atom. The Morgan fingerprint density at radius 3 is 1.79 bits per heavy atom. The van der Waals surface area contributed by atoms with Crippen molar-refractivity contribution in [1.29, 1.82) is 0 Å². The first-order valence-electron chi connectivity index (χ1n) is 5.78. The molecule has 2 N–H and O–H groups in total. The van der Waals surface area contributed by atoms with Gasteiger partial charge in [0.1, 0.15) is 0 Å². The van der Waals surface area contributed by atoms with Crippen LogP contribution in [0.15, 0.2) is 12.2 Å². The molecule has 0 aromatic carbocycles. The second-order valence-electron chi connectivity index (χ2n) is 3.64. The molecule has 0 aromatic rings. The smallest absolute Gasteiger partial charge is 0.0612 e. The molecular formula is C12H24O2. The van der Waals surface area contributed by atoms with Crippen LogP contribution in [0.4, 0.5) is 0 Å². The highest BCUT2D eigenvalue weighted by atomic mass is 16.3. The second kappa shape index (κ2) is 12.7. The Bertz CT molecular complexity index is 121. The lowest BCUT2D eigenvalue weighted by molar-refractivity contribution is 0.282. The van der Waals surface area contributed by atoms with Crippen LogP contribution in [0.3, 0.4) is 0 Å². The highest BCUT2D eigenvalue weighted by Gasteiger charge is 1.90. The predicted molar refractivity (Wildman–Crippen MR) is 60.2 cm³/mol. The van der Waals surface area contributed by atoms with Crippen molar-refractivity contribution >= 4 is 0 Å². The summed E-state index contributed by atoms with van der Waals surface area (Å²) in [6.45, 7) is 0.507. The second-order valence-corrected chi connectivity index (χ2v) is 3.64. The summed E-state index contributed by atoms with van der Waals surface area (Å²) in [6, 6.07) is 0. The molecule has 0 fully saturated rings. The highest BCUT2D eigenvalue weighted by Crippen LogP contribution is 2.08. The van der Waals surface area contributed by atoms with Crippen LogP contribution in [-0.4, -0.2) is 23.4 Å². The van der Waals surface area contributed by atoms with E-state index >= 15 is 0 Å². The van der Waals surface area contributed by atoms with Crippen molar-refractivity contribution in [2.24, 2.45) is 0 Å². The summed E-state index contributed by atoms with van der Waals surface area (Å²) in [5.74, 6) is 0. The molecule has 0 aromatic heterocycles. The summed E-state index contributed by atoms with van der Waals surface area (Å²) < 4.78 is 0. The van der Waals surface area contributed by atoms with E-state index in [1.807, 2.05) is 6.08 Å². The lowest BCUT2D eigenvalue weighted by atomic mass is 10.1. The zero-order valence-corrected chi connectivity index (χ0v) is 9.12. The Hall–Kier alpha value is -0.340. The van der Waals surface area contributed by atoms with E-state index in [2.05, 4.69) is 0 Å². The maximum Gasteiger partial charge on any atom is 0.0612 e. The van der Waals surface area contributed by atoms with Gasteiger partial charge >= 0.3 is 0 Å². The topological polar surface area (TPSA) is 40.5 Å². The SMILES string of the molecule is OC/C=C/CCCCCCCCCO. The summed E-state index contributed by atoms with van der Waals surface area (Å²) in [7, 11) is 0. The fraction of sp³-hybridized carbons (Fsp3) is 0.833. The molecule has 0 saturated carbocycles. The first-order chi connectivity index (χ1) is 6.91. The molecule has 0 radical (unpaired) electrons. The van der Waals surface area contributed by atoms with Crippen LogP contribution in [0.2, 0.25) is 0 Å². The van der Waals surface area contributed by atoms with Crippen LogP contribution in [0.25, 0.3) is 0 Å². The molecule has 0 heterocycles. The number of aliphatic hydroxyl groups excluding tert-OH is 2. The minimum Gasteiger partial charge on any atom is -0.396 e. The third kappa shape index (κ3) is 11.7. The molecule has 2 heteroatoms. The number of allylic oxidation sites excluding steroid dienone is 1. The van der Waals surface area contributed by atoms with Gasteiger partial charge in [0.05, 0.1) is 6.61 Å². The largest absolute Gasteiger partial charge is 0.396 e. The molecule has 0 saturated heterocycles. The summed E-state index contributed by atoms with van der Waals surface area (Å²) in [5, 5.41) is 17.0. The van der Waals surface area contributed by atoms with E-state index < -0.39 is 0 Å². The summed E-state index contributed by atoms with van der Waals surface area (Å²) in [4.78, 5) is 0. The molecule has 0 aliphatic heterocycles. The molecule has 2 nitrogen and oxygen atoms in total. The van der Waals surface area contributed by atoms with Crippen LogP contribution >= 0.6 is 0 Å². The monoisotopic (exact) mass is 200 g/mol. The standard InChI is InChI=1S/C12H24O2/c13-11-9-7-5-3-1-2-4-6-8-10-12-14/h7,9,13-14H,1-6,8,10-12H2/b9-7+. The molecule has 0 atom stereocenters. The van der Waals surface area contributed by atoms with Gasteiger partial charge in [-0.25, -0.2) is 0 Å². The first kappa shape index (κ1) is 13.7. The maximum absolute atomic E-state index is 8.56. The first-order valence-corrected chi connectivity index (χ1v) is 5.78. The van der Waals surface area contributed by atoms with E-state index in [1.165, 1.54) is 38.5 Å². The van der Waals surface area contributed by atoms with Crippen molar-refractivity contribution in [2.75, 3.05) is 13.2 Å². The van der Waals surface area contributed by atoms with Crippen LogP contribution in [0.1, 0.15) is 51.4 Å². The minimum atomic E-state index is 0.168. The van der Waals surface area contributed by atoms with Crippen LogP contribution in [0, 0.1) is 0 Å². The normalized spacial score (nSPS) is 11.3. The molecule has 0 spiro atoms. The van der Waals surface area contributed by atoms with E-state index in [1.54, 1.807) is 6.08 Å². The average Bonchev–Trinajstić information content (AvgIpc) is 2.21. The van der Waals surface area contributed by atoms with Gasteiger partial charge in [-0.2, -0.15) is 0 Å². The zero-order chi connectivity index (χ0) is 10.5. The Morgan fingerprint density at radius 2 is 1.21 bits per heavy atom. The summed E-state index contributed by atoms with van der Waals surface area (Å²) in [6.07, 6.45) is 13.4. The molecular weight excluding hydrogens is 176 g/mol. The van der Waals surface area contributed by atoms with Gasteiger partial charge in [0.2, 0.25) is 0 Å². The van der Waals surface area contributed by atoms with E-state index in [9.17, 15) is 0 Å². The van der Waals surface area contributed by atoms with Crippen molar-refractivity contribution in [3.63, 3.8) is 0 Å². The van der Waals surface area contributed by atoms with E-state index in [-0.39, 0.29) is 6.61 Å². The number of aliphatic hydroxyl groups is 2. The number of unbranched alkanes of at least 4 members (excludes halogenated alkanes) is 7. The predicted octanol–water partition coefficient (Wildman–Crippen LogP) is 2.65. The Labute approximate surface area is 87.7 Å². The lowest BCUT2D eigenvalue weighted by Crippen LogP contribution is -1.84. The summed E-state index contributed by atoms with van der Waals surface area (Å²) in [5.41, 5.74) is 0. The lowest BCUT2D eigenvalue weighted by Gasteiger charge is -1.99. The maximum atomic E-state index is 8.56. The molecule has 84 valence electrons. The average molecular weight is 200 g/mol. The van der Waals surface area contributed by atoms with Gasteiger partial charge in [-0.15, -0.1) is 0 Å². The van der Waals surface area contributed by atoms with Gasteiger partial charge in [0, 0.05) is 6.61 Å². The third-order valence-corrected chi connectivity index (χ3v) is 2.30. The van der Waals surface area contributed by atoms with Crippen molar-refractivity contribution in [2.45, 2.75) is 51.4 Å². The van der Waals surface area contributed by atoms with Gasteiger partial charge in [0.15, 0.2) is 0 Å². The molecule has 0 unspecified atom stereocenters. The van der Waals surface area contributed by atoms with Gasteiger partial charge in [-0.3, -0.25) is 0 Å². The number of rotatable bonds is 10. The quantitative estimate of drug-likeness (QED) is 0.420. The van der Waals surface area contributed by atoms with Crippen LogP contribution in [0.5, 0.6) is 0 Å². The van der Waals surface area contributed by atoms with Crippen LogP contribution in [-0.2, 0) is 0 Å². The highest BCUT2D eigenvalue weighted by molar-refractivity contribution is 4.80. The number of hydrogen-bond donors (Lipinski definition) is 2. The van der Waals surface area contributed by atoms with Gasteiger partial charge in [-0.1, -0.05) is 44.3 Å².